The summed E-state index contributed by atoms with van der Waals surface area (Å²) in [6.45, 7) is 2.43. The molecule has 0 atom stereocenters. The SMILES string of the molecule is CC(C)N(CC(F)(F)F)c1ccc(I)cc1N. The minimum Gasteiger partial charge on any atom is -0.397 e. The van der Waals surface area contributed by atoms with Crippen molar-refractivity contribution in [2.75, 3.05) is 17.2 Å². The van der Waals surface area contributed by atoms with E-state index in [2.05, 4.69) is 22.6 Å². The first-order valence-corrected chi connectivity index (χ1v) is 6.17. The third kappa shape index (κ3) is 4.25. The van der Waals surface area contributed by atoms with Crippen LogP contribution in [0.1, 0.15) is 13.8 Å². The summed E-state index contributed by atoms with van der Waals surface area (Å²) in [6.07, 6.45) is -4.24. The average molecular weight is 358 g/mol. The zero-order valence-corrected chi connectivity index (χ0v) is 11.7. The number of nitrogens with zero attached hydrogens (tertiary/aromatic N) is 1. The summed E-state index contributed by atoms with van der Waals surface area (Å²) in [6, 6.07) is 4.78. The fraction of sp³-hybridized carbons (Fsp3) is 0.455. The molecule has 2 N–H and O–H groups in total. The second kappa shape index (κ2) is 5.32. The molecule has 0 amide bonds. The van der Waals surface area contributed by atoms with Crippen LogP contribution < -0.4 is 10.6 Å². The van der Waals surface area contributed by atoms with Crippen LogP contribution in [0, 0.1) is 3.57 Å². The van der Waals surface area contributed by atoms with E-state index in [9.17, 15) is 13.2 Å². The number of nitrogen functional groups attached to an aromatic ring is 1. The maximum absolute atomic E-state index is 12.5. The van der Waals surface area contributed by atoms with Gasteiger partial charge in [0.2, 0.25) is 0 Å². The van der Waals surface area contributed by atoms with Crippen LogP contribution in [0.2, 0.25) is 0 Å². The molecule has 0 aliphatic rings. The number of benzene rings is 1. The molecular weight excluding hydrogens is 344 g/mol. The van der Waals surface area contributed by atoms with Crippen molar-refractivity contribution < 1.29 is 13.2 Å². The van der Waals surface area contributed by atoms with E-state index in [1.807, 2.05) is 0 Å². The zero-order chi connectivity index (χ0) is 13.2. The normalized spacial score (nSPS) is 11.9. The van der Waals surface area contributed by atoms with E-state index in [0.717, 1.165) is 3.57 Å². The van der Waals surface area contributed by atoms with Crippen LogP contribution in [0.5, 0.6) is 0 Å². The number of alkyl halides is 3. The fourth-order valence-electron chi connectivity index (χ4n) is 1.53. The summed E-state index contributed by atoms with van der Waals surface area (Å²) in [5.74, 6) is 0. The second-order valence-electron chi connectivity index (χ2n) is 4.04. The highest BCUT2D eigenvalue weighted by atomic mass is 127. The monoisotopic (exact) mass is 358 g/mol. The topological polar surface area (TPSA) is 29.3 Å². The first-order valence-electron chi connectivity index (χ1n) is 5.09. The summed E-state index contributed by atoms with van der Waals surface area (Å²) in [5.41, 5.74) is 6.56. The van der Waals surface area contributed by atoms with Crippen molar-refractivity contribution >= 4 is 34.0 Å². The molecule has 96 valence electrons. The molecule has 0 aromatic heterocycles. The van der Waals surface area contributed by atoms with E-state index < -0.39 is 12.7 Å². The van der Waals surface area contributed by atoms with Gasteiger partial charge in [-0.3, -0.25) is 0 Å². The molecule has 0 fully saturated rings. The molecule has 0 aliphatic heterocycles. The largest absolute Gasteiger partial charge is 0.405 e. The van der Waals surface area contributed by atoms with Crippen molar-refractivity contribution in [1.82, 2.24) is 0 Å². The second-order valence-corrected chi connectivity index (χ2v) is 5.29. The lowest BCUT2D eigenvalue weighted by atomic mass is 10.2. The zero-order valence-electron chi connectivity index (χ0n) is 9.55. The van der Waals surface area contributed by atoms with Gasteiger partial charge >= 0.3 is 6.18 Å². The highest BCUT2D eigenvalue weighted by molar-refractivity contribution is 14.1. The van der Waals surface area contributed by atoms with Crippen LogP contribution in [0.3, 0.4) is 0 Å². The van der Waals surface area contributed by atoms with Crippen LogP contribution in [-0.2, 0) is 0 Å². The van der Waals surface area contributed by atoms with E-state index in [0.29, 0.717) is 11.4 Å². The molecule has 6 heteroatoms. The molecule has 0 heterocycles. The molecule has 1 aromatic carbocycles. The Morgan fingerprint density at radius 3 is 2.35 bits per heavy atom. The van der Waals surface area contributed by atoms with E-state index in [-0.39, 0.29) is 6.04 Å². The lowest BCUT2D eigenvalue weighted by Crippen LogP contribution is -2.39. The standard InChI is InChI=1S/C11H14F3IN2/c1-7(2)17(6-11(12,13)14)10-4-3-8(15)5-9(10)16/h3-5,7H,6,16H2,1-2H3. The smallest absolute Gasteiger partial charge is 0.397 e. The molecule has 0 aliphatic carbocycles. The van der Waals surface area contributed by atoms with Gasteiger partial charge in [0.1, 0.15) is 6.54 Å². The maximum Gasteiger partial charge on any atom is 0.405 e. The van der Waals surface area contributed by atoms with Gasteiger partial charge in [-0.15, -0.1) is 0 Å². The predicted molar refractivity (Wildman–Crippen MR) is 72.1 cm³/mol. The molecule has 1 aromatic rings. The Morgan fingerprint density at radius 1 is 1.35 bits per heavy atom. The van der Waals surface area contributed by atoms with Crippen molar-refractivity contribution in [3.8, 4) is 0 Å². The van der Waals surface area contributed by atoms with E-state index in [1.54, 1.807) is 32.0 Å². The van der Waals surface area contributed by atoms with Crippen molar-refractivity contribution in [1.29, 1.82) is 0 Å². The lowest BCUT2D eigenvalue weighted by Gasteiger charge is -2.30. The van der Waals surface area contributed by atoms with Gasteiger partial charge in [-0.25, -0.2) is 0 Å². The molecule has 0 saturated heterocycles. The number of nitrogens with two attached hydrogens (primary N) is 1. The molecule has 0 radical (unpaired) electrons. The predicted octanol–water partition coefficient (Wildman–Crippen LogP) is 3.65. The van der Waals surface area contributed by atoms with E-state index >= 15 is 0 Å². The average Bonchev–Trinajstić information content (AvgIpc) is 2.13. The van der Waals surface area contributed by atoms with Crippen LogP contribution in [-0.4, -0.2) is 18.8 Å². The quantitative estimate of drug-likeness (QED) is 0.660. The molecular formula is C11H14F3IN2. The Hall–Kier alpha value is -0.660. The highest BCUT2D eigenvalue weighted by Gasteiger charge is 2.32. The first-order chi connectivity index (χ1) is 7.70. The lowest BCUT2D eigenvalue weighted by molar-refractivity contribution is -0.120. The Kier molecular flexibility index (Phi) is 4.51. The Morgan fingerprint density at radius 2 is 1.94 bits per heavy atom. The first kappa shape index (κ1) is 14.4. The minimum absolute atomic E-state index is 0.265. The Balaban J connectivity index is 3.06. The summed E-state index contributed by atoms with van der Waals surface area (Å²) in [5, 5.41) is 0. The van der Waals surface area contributed by atoms with Gasteiger partial charge in [-0.2, -0.15) is 13.2 Å². The van der Waals surface area contributed by atoms with Crippen LogP contribution in [0.25, 0.3) is 0 Å². The van der Waals surface area contributed by atoms with E-state index in [1.165, 1.54) is 4.90 Å². The number of hydrogen-bond acceptors (Lipinski definition) is 2. The molecule has 0 saturated carbocycles. The number of anilines is 2. The maximum atomic E-state index is 12.5. The molecule has 1 rings (SSSR count). The van der Waals surface area contributed by atoms with Gasteiger partial charge in [0.15, 0.2) is 0 Å². The summed E-state index contributed by atoms with van der Waals surface area (Å²) >= 11 is 2.07. The van der Waals surface area contributed by atoms with Crippen molar-refractivity contribution in [2.45, 2.75) is 26.1 Å². The number of hydrogen-bond donors (Lipinski definition) is 1. The van der Waals surface area contributed by atoms with Crippen LogP contribution >= 0.6 is 22.6 Å². The van der Waals surface area contributed by atoms with Gasteiger partial charge in [0, 0.05) is 9.61 Å². The van der Waals surface area contributed by atoms with Gasteiger partial charge in [0.25, 0.3) is 0 Å². The number of halogens is 4. The van der Waals surface area contributed by atoms with Gasteiger partial charge < -0.3 is 10.6 Å². The number of rotatable bonds is 3. The molecule has 0 bridgehead atoms. The van der Waals surface area contributed by atoms with Gasteiger partial charge in [0.05, 0.1) is 11.4 Å². The molecule has 0 unspecified atom stereocenters. The summed E-state index contributed by atoms with van der Waals surface area (Å²) in [7, 11) is 0. The highest BCUT2D eigenvalue weighted by Crippen LogP contribution is 2.29. The molecule has 2 nitrogen and oxygen atoms in total. The summed E-state index contributed by atoms with van der Waals surface area (Å²) in [4.78, 5) is 1.26. The van der Waals surface area contributed by atoms with Crippen molar-refractivity contribution in [3.05, 3.63) is 21.8 Å². The minimum atomic E-state index is -4.24. The van der Waals surface area contributed by atoms with Crippen molar-refractivity contribution in [2.24, 2.45) is 0 Å². The van der Waals surface area contributed by atoms with Crippen LogP contribution in [0.4, 0.5) is 24.5 Å². The van der Waals surface area contributed by atoms with Crippen LogP contribution in [0.15, 0.2) is 18.2 Å². The Bertz CT molecular complexity index is 391. The van der Waals surface area contributed by atoms with Crippen molar-refractivity contribution in [3.63, 3.8) is 0 Å². The summed E-state index contributed by atoms with van der Waals surface area (Å²) < 4.78 is 38.3. The molecule has 0 spiro atoms. The third-order valence-corrected chi connectivity index (χ3v) is 2.94. The van der Waals surface area contributed by atoms with Gasteiger partial charge in [-0.05, 0) is 54.6 Å². The Labute approximate surface area is 112 Å². The molecule has 17 heavy (non-hydrogen) atoms. The third-order valence-electron chi connectivity index (χ3n) is 2.27. The fourth-order valence-corrected chi connectivity index (χ4v) is 2.04. The van der Waals surface area contributed by atoms with E-state index in [4.69, 9.17) is 5.73 Å². The van der Waals surface area contributed by atoms with Gasteiger partial charge in [-0.1, -0.05) is 0 Å².